The van der Waals surface area contributed by atoms with E-state index >= 15 is 0 Å². The van der Waals surface area contributed by atoms with Gasteiger partial charge in [0.1, 0.15) is 6.10 Å². The van der Waals surface area contributed by atoms with Crippen molar-refractivity contribution in [1.82, 2.24) is 14.9 Å². The summed E-state index contributed by atoms with van der Waals surface area (Å²) in [4.78, 5) is 35.4. The number of aliphatic hydroxyl groups excluding tert-OH is 1. The Hall–Kier alpha value is -4.92. The highest BCUT2D eigenvalue weighted by molar-refractivity contribution is 6.20. The SMILES string of the molecule is O=C1c2ccccc2C(=O)N1OC1CN(C(c2ccccc2)c2ccccc2)C1.OC1CN(C(c2ccccc2)c2ccccc2)C1. The molecule has 5 aromatic rings. The van der Waals surface area contributed by atoms with Gasteiger partial charge in [0.05, 0.1) is 29.3 Å². The number of nitrogens with zero attached hydrogens (tertiary/aromatic N) is 3. The minimum Gasteiger partial charge on any atom is -0.390 e. The van der Waals surface area contributed by atoms with Gasteiger partial charge in [-0.25, -0.2) is 0 Å². The van der Waals surface area contributed by atoms with Crippen LogP contribution >= 0.6 is 0 Å². The van der Waals surface area contributed by atoms with Gasteiger partial charge in [0.25, 0.3) is 11.8 Å². The van der Waals surface area contributed by atoms with E-state index in [9.17, 15) is 14.7 Å². The fraction of sp³-hybridized carbons (Fsp3) is 0.200. The second-order valence-electron chi connectivity index (χ2n) is 12.2. The number of amides is 2. The van der Waals surface area contributed by atoms with E-state index in [2.05, 4.69) is 82.6 Å². The van der Waals surface area contributed by atoms with Gasteiger partial charge in [0.15, 0.2) is 0 Å². The molecule has 0 saturated carbocycles. The Morgan fingerprint density at radius 3 is 1.15 bits per heavy atom. The average Bonchev–Trinajstić information content (AvgIpc) is 3.33. The number of hydrogen-bond acceptors (Lipinski definition) is 6. The first kappa shape index (κ1) is 30.7. The van der Waals surface area contributed by atoms with Gasteiger partial charge in [-0.05, 0) is 34.4 Å². The molecule has 2 fully saturated rings. The molecule has 0 unspecified atom stereocenters. The minimum absolute atomic E-state index is 0.111. The van der Waals surface area contributed by atoms with Gasteiger partial charge in [-0.2, -0.15) is 0 Å². The van der Waals surface area contributed by atoms with Crippen LogP contribution in [-0.2, 0) is 4.84 Å². The van der Waals surface area contributed by atoms with Gasteiger partial charge < -0.3 is 5.11 Å². The summed E-state index contributed by atoms with van der Waals surface area (Å²) in [6.45, 7) is 2.80. The minimum atomic E-state index is -0.383. The summed E-state index contributed by atoms with van der Waals surface area (Å²) in [6.07, 6.45) is -0.368. The van der Waals surface area contributed by atoms with Crippen LogP contribution in [-0.4, -0.2) is 70.2 Å². The number of likely N-dealkylation sites (tertiary alicyclic amines) is 2. The molecule has 8 rings (SSSR count). The van der Waals surface area contributed by atoms with Gasteiger partial charge in [-0.3, -0.25) is 24.2 Å². The molecule has 0 bridgehead atoms. The maximum Gasteiger partial charge on any atom is 0.285 e. The lowest BCUT2D eigenvalue weighted by Gasteiger charge is -2.44. The number of rotatable bonds is 8. The van der Waals surface area contributed by atoms with Crippen LogP contribution in [0.1, 0.15) is 55.1 Å². The van der Waals surface area contributed by atoms with Crippen molar-refractivity contribution in [2.45, 2.75) is 24.3 Å². The molecule has 2 saturated heterocycles. The summed E-state index contributed by atoms with van der Waals surface area (Å²) >= 11 is 0. The van der Waals surface area contributed by atoms with Gasteiger partial charge >= 0.3 is 0 Å². The van der Waals surface area contributed by atoms with E-state index in [1.807, 2.05) is 48.5 Å². The van der Waals surface area contributed by atoms with Crippen LogP contribution in [0.15, 0.2) is 146 Å². The maximum absolute atomic E-state index is 12.5. The van der Waals surface area contributed by atoms with E-state index in [1.165, 1.54) is 22.3 Å². The van der Waals surface area contributed by atoms with Gasteiger partial charge in [0, 0.05) is 26.2 Å². The van der Waals surface area contributed by atoms with Crippen molar-refractivity contribution in [2.24, 2.45) is 0 Å². The Bertz CT molecular complexity index is 1680. The summed E-state index contributed by atoms with van der Waals surface area (Å²) < 4.78 is 0. The molecule has 47 heavy (non-hydrogen) atoms. The average molecular weight is 624 g/mol. The van der Waals surface area contributed by atoms with Crippen LogP contribution in [0, 0.1) is 0 Å². The molecule has 0 aliphatic carbocycles. The highest BCUT2D eigenvalue weighted by Crippen LogP contribution is 2.35. The van der Waals surface area contributed by atoms with E-state index in [-0.39, 0.29) is 36.1 Å². The molecular formula is C40H37N3O4. The second-order valence-corrected chi connectivity index (χ2v) is 12.2. The zero-order chi connectivity index (χ0) is 32.2. The van der Waals surface area contributed by atoms with Crippen molar-refractivity contribution in [1.29, 1.82) is 0 Å². The lowest BCUT2D eigenvalue weighted by atomic mass is 9.94. The highest BCUT2D eigenvalue weighted by Gasteiger charge is 2.42. The highest BCUT2D eigenvalue weighted by atomic mass is 16.7. The lowest BCUT2D eigenvalue weighted by Crippen LogP contribution is -2.56. The topological polar surface area (TPSA) is 73.3 Å². The van der Waals surface area contributed by atoms with Crippen molar-refractivity contribution >= 4 is 11.8 Å². The largest absolute Gasteiger partial charge is 0.390 e. The molecule has 0 atom stereocenters. The smallest absolute Gasteiger partial charge is 0.285 e. The molecule has 3 aliphatic heterocycles. The van der Waals surface area contributed by atoms with Crippen LogP contribution in [0.4, 0.5) is 0 Å². The zero-order valence-electron chi connectivity index (χ0n) is 26.0. The first-order valence-electron chi connectivity index (χ1n) is 16.1. The molecule has 0 radical (unpaired) electrons. The fourth-order valence-corrected chi connectivity index (χ4v) is 6.63. The number of imide groups is 1. The number of carbonyl (C=O) groups excluding carboxylic acids is 2. The summed E-state index contributed by atoms with van der Waals surface area (Å²) in [5.41, 5.74) is 5.79. The normalized spacial score (nSPS) is 16.9. The van der Waals surface area contributed by atoms with Gasteiger partial charge in [-0.15, -0.1) is 5.06 Å². The number of benzene rings is 5. The first-order chi connectivity index (χ1) is 23.1. The number of aliphatic hydroxyl groups is 1. The Morgan fingerprint density at radius 1 is 0.489 bits per heavy atom. The third-order valence-electron chi connectivity index (χ3n) is 8.97. The Balaban J connectivity index is 0.000000167. The van der Waals surface area contributed by atoms with Gasteiger partial charge in [-0.1, -0.05) is 133 Å². The van der Waals surface area contributed by atoms with Gasteiger partial charge in [0.2, 0.25) is 0 Å². The molecule has 7 nitrogen and oxygen atoms in total. The number of hydroxylamine groups is 2. The van der Waals surface area contributed by atoms with Crippen LogP contribution < -0.4 is 0 Å². The van der Waals surface area contributed by atoms with E-state index in [4.69, 9.17) is 4.84 Å². The quantitative estimate of drug-likeness (QED) is 0.210. The van der Waals surface area contributed by atoms with Crippen LogP contribution in [0.5, 0.6) is 0 Å². The number of carbonyl (C=O) groups is 2. The van der Waals surface area contributed by atoms with Crippen molar-refractivity contribution < 1.29 is 19.5 Å². The third kappa shape index (κ3) is 6.52. The van der Waals surface area contributed by atoms with E-state index < -0.39 is 0 Å². The van der Waals surface area contributed by atoms with E-state index in [0.29, 0.717) is 24.2 Å². The molecule has 0 spiro atoms. The van der Waals surface area contributed by atoms with E-state index in [1.54, 1.807) is 24.3 Å². The molecular weight excluding hydrogens is 586 g/mol. The summed E-state index contributed by atoms with van der Waals surface area (Å²) in [6, 6.07) is 48.8. The Kier molecular flexibility index (Phi) is 9.04. The number of fused-ring (bicyclic) bond motifs is 1. The summed E-state index contributed by atoms with van der Waals surface area (Å²) in [7, 11) is 0. The molecule has 236 valence electrons. The van der Waals surface area contributed by atoms with Crippen molar-refractivity contribution in [3.63, 3.8) is 0 Å². The molecule has 2 amide bonds. The Labute approximate surface area is 275 Å². The second kappa shape index (κ2) is 13.8. The monoisotopic (exact) mass is 623 g/mol. The van der Waals surface area contributed by atoms with Crippen molar-refractivity contribution in [2.75, 3.05) is 26.2 Å². The molecule has 5 aromatic carbocycles. The van der Waals surface area contributed by atoms with E-state index in [0.717, 1.165) is 18.2 Å². The summed E-state index contributed by atoms with van der Waals surface area (Å²) in [5, 5.41) is 10.4. The van der Waals surface area contributed by atoms with Crippen molar-refractivity contribution in [3.05, 3.63) is 179 Å². The predicted molar refractivity (Wildman–Crippen MR) is 180 cm³/mol. The molecule has 3 heterocycles. The standard InChI is InChI=1S/C24H20N2O3.C16H17NO/c27-23-20-13-7-8-14-21(20)24(28)26(23)29-19-15-25(16-19)22(17-9-3-1-4-10-17)18-11-5-2-6-12-18;18-15-11-17(12-15)16(13-7-3-1-4-8-13)14-9-5-2-6-10-14/h1-14,19,22H,15-16H2;1-10,15-16,18H,11-12H2. The number of hydrogen-bond donors (Lipinski definition) is 1. The molecule has 0 aromatic heterocycles. The zero-order valence-corrected chi connectivity index (χ0v) is 26.0. The third-order valence-corrected chi connectivity index (χ3v) is 8.97. The predicted octanol–water partition coefficient (Wildman–Crippen LogP) is 6.14. The number of β-amino-alcohol motifs (C(OH)–C–C–N with tert-alkyl or cyclic N) is 1. The Morgan fingerprint density at radius 2 is 0.809 bits per heavy atom. The van der Waals surface area contributed by atoms with Crippen molar-refractivity contribution in [3.8, 4) is 0 Å². The fourth-order valence-electron chi connectivity index (χ4n) is 6.63. The lowest BCUT2D eigenvalue weighted by molar-refractivity contribution is -0.179. The molecule has 1 N–H and O–H groups in total. The maximum atomic E-state index is 12.5. The molecule has 3 aliphatic rings. The van der Waals surface area contributed by atoms with Crippen LogP contribution in [0.3, 0.4) is 0 Å². The molecule has 7 heteroatoms. The van der Waals surface area contributed by atoms with Crippen LogP contribution in [0.25, 0.3) is 0 Å². The van der Waals surface area contributed by atoms with Crippen LogP contribution in [0.2, 0.25) is 0 Å². The summed E-state index contributed by atoms with van der Waals surface area (Å²) in [5.74, 6) is -0.765. The first-order valence-corrected chi connectivity index (χ1v) is 16.1.